The van der Waals surface area contributed by atoms with Gasteiger partial charge >= 0.3 is 0 Å². The third-order valence-corrected chi connectivity index (χ3v) is 6.31. The number of hydrogen-bond donors (Lipinski definition) is 0. The fourth-order valence-electron chi connectivity index (χ4n) is 4.23. The molecule has 1 aliphatic carbocycles. The number of rotatable bonds is 4. The molecule has 1 aliphatic heterocycles. The van der Waals surface area contributed by atoms with E-state index in [1.165, 1.54) is 12.3 Å². The van der Waals surface area contributed by atoms with Gasteiger partial charge in [0.2, 0.25) is 5.91 Å². The molecule has 9 heteroatoms. The van der Waals surface area contributed by atoms with E-state index in [4.69, 9.17) is 4.98 Å². The van der Waals surface area contributed by atoms with Gasteiger partial charge in [0.1, 0.15) is 28.4 Å². The summed E-state index contributed by atoms with van der Waals surface area (Å²) >= 11 is 0. The van der Waals surface area contributed by atoms with Crippen molar-refractivity contribution in [1.29, 1.82) is 5.26 Å². The Hall–Kier alpha value is -3.54. The van der Waals surface area contributed by atoms with Crippen LogP contribution in [-0.4, -0.2) is 56.3 Å². The summed E-state index contributed by atoms with van der Waals surface area (Å²) in [4.78, 5) is 30.0. The van der Waals surface area contributed by atoms with Crippen molar-refractivity contribution in [1.82, 2.24) is 24.3 Å². The predicted molar refractivity (Wildman–Crippen MR) is 111 cm³/mol. The normalized spacial score (nSPS) is 19.8. The quantitative estimate of drug-likeness (QED) is 0.646. The van der Waals surface area contributed by atoms with Crippen molar-refractivity contribution in [2.75, 3.05) is 25.0 Å². The number of halogens is 1. The smallest absolute Gasteiger partial charge is 0.243 e. The molecule has 3 aromatic heterocycles. The van der Waals surface area contributed by atoms with Crippen molar-refractivity contribution in [3.05, 3.63) is 42.6 Å². The van der Waals surface area contributed by atoms with E-state index in [0.29, 0.717) is 43.1 Å². The number of piperidine rings is 1. The Kier molecular flexibility index (Phi) is 4.58. The van der Waals surface area contributed by atoms with Crippen LogP contribution in [-0.2, 0) is 4.79 Å². The van der Waals surface area contributed by atoms with Crippen LogP contribution < -0.4 is 4.90 Å². The molecule has 1 atom stereocenters. The molecule has 1 amide bonds. The summed E-state index contributed by atoms with van der Waals surface area (Å²) in [6.07, 6.45) is 7.81. The highest BCUT2D eigenvalue weighted by Crippen LogP contribution is 2.46. The Bertz CT molecular complexity index is 1200. The molecule has 1 saturated heterocycles. The van der Waals surface area contributed by atoms with Crippen molar-refractivity contribution >= 4 is 17.4 Å². The molecule has 1 saturated carbocycles. The SMILES string of the molecule is CN(c1ccnc(-c2cnc3ccc(F)cn23)n1)[C@@H]1CCCN(C(=O)C2(C#N)CC2)C1. The summed E-state index contributed by atoms with van der Waals surface area (Å²) < 4.78 is 15.4. The van der Waals surface area contributed by atoms with Crippen molar-refractivity contribution in [2.24, 2.45) is 5.41 Å². The largest absolute Gasteiger partial charge is 0.355 e. The fraction of sp³-hybridized carbons (Fsp3) is 0.409. The first-order valence-electron chi connectivity index (χ1n) is 10.4. The minimum Gasteiger partial charge on any atom is -0.355 e. The summed E-state index contributed by atoms with van der Waals surface area (Å²) in [6.45, 7) is 1.26. The fourth-order valence-corrected chi connectivity index (χ4v) is 4.23. The molecule has 0 bridgehead atoms. The lowest BCUT2D eigenvalue weighted by atomic mass is 10.0. The number of likely N-dealkylation sites (tertiary alicyclic amines) is 1. The van der Waals surface area contributed by atoms with Crippen molar-refractivity contribution in [3.63, 3.8) is 0 Å². The number of nitrogens with zero attached hydrogens (tertiary/aromatic N) is 7. The number of fused-ring (bicyclic) bond motifs is 1. The van der Waals surface area contributed by atoms with Crippen molar-refractivity contribution < 1.29 is 9.18 Å². The molecule has 8 nitrogen and oxygen atoms in total. The number of hydrogen-bond acceptors (Lipinski definition) is 6. The Morgan fingerprint density at radius 1 is 1.32 bits per heavy atom. The number of pyridine rings is 1. The zero-order valence-electron chi connectivity index (χ0n) is 17.2. The second-order valence-corrected chi connectivity index (χ2v) is 8.31. The van der Waals surface area contributed by atoms with Gasteiger partial charge in [-0.2, -0.15) is 5.26 Å². The van der Waals surface area contributed by atoms with Crippen LogP contribution >= 0.6 is 0 Å². The van der Waals surface area contributed by atoms with Crippen LogP contribution in [0.2, 0.25) is 0 Å². The minimum atomic E-state index is -0.791. The highest BCUT2D eigenvalue weighted by Gasteiger charge is 2.53. The molecule has 158 valence electrons. The Morgan fingerprint density at radius 2 is 2.16 bits per heavy atom. The maximum absolute atomic E-state index is 13.7. The van der Waals surface area contributed by atoms with Crippen LogP contribution in [0.1, 0.15) is 25.7 Å². The number of anilines is 1. The lowest BCUT2D eigenvalue weighted by Crippen LogP contribution is -2.50. The number of aromatic nitrogens is 4. The number of carbonyl (C=O) groups is 1. The average molecular weight is 419 g/mol. The average Bonchev–Trinajstić information content (AvgIpc) is 3.51. The van der Waals surface area contributed by atoms with Crippen molar-refractivity contribution in [2.45, 2.75) is 31.7 Å². The molecule has 0 radical (unpaired) electrons. The molecule has 4 heterocycles. The van der Waals surface area contributed by atoms with E-state index in [2.05, 4.69) is 20.9 Å². The standard InChI is InChI=1S/C22H22FN7O/c1-28(16-3-2-10-29(13-16)21(31)22(14-24)7-8-22)19-6-9-25-20(27-19)17-11-26-18-5-4-15(23)12-30(17)18/h4-6,9,11-12,16H,2-3,7-8,10,13H2,1H3/t16-/m1/s1. The molecule has 0 spiro atoms. The summed E-state index contributed by atoms with van der Waals surface area (Å²) in [7, 11) is 1.95. The zero-order valence-corrected chi connectivity index (χ0v) is 17.2. The minimum absolute atomic E-state index is 0.0377. The van der Waals surface area contributed by atoms with Crippen LogP contribution in [0, 0.1) is 22.6 Å². The van der Waals surface area contributed by atoms with Gasteiger partial charge in [-0.15, -0.1) is 0 Å². The first kappa shape index (κ1) is 19.4. The second kappa shape index (κ2) is 7.30. The van der Waals surface area contributed by atoms with Crippen LogP contribution in [0.15, 0.2) is 36.8 Å². The number of carbonyl (C=O) groups excluding carboxylic acids is 1. The first-order valence-corrected chi connectivity index (χ1v) is 10.4. The third-order valence-electron chi connectivity index (χ3n) is 6.31. The summed E-state index contributed by atoms with van der Waals surface area (Å²) in [5, 5.41) is 9.37. The van der Waals surface area contributed by atoms with E-state index in [1.54, 1.807) is 22.9 Å². The van der Waals surface area contributed by atoms with Gasteiger partial charge in [-0.05, 0) is 43.9 Å². The Morgan fingerprint density at radius 3 is 2.94 bits per heavy atom. The van der Waals surface area contributed by atoms with E-state index in [0.717, 1.165) is 18.7 Å². The highest BCUT2D eigenvalue weighted by atomic mass is 19.1. The molecule has 2 fully saturated rings. The van der Waals surface area contributed by atoms with E-state index in [-0.39, 0.29) is 17.8 Å². The lowest BCUT2D eigenvalue weighted by molar-refractivity contribution is -0.136. The summed E-state index contributed by atoms with van der Waals surface area (Å²) in [5.41, 5.74) is 0.433. The highest BCUT2D eigenvalue weighted by molar-refractivity contribution is 5.88. The van der Waals surface area contributed by atoms with Crippen LogP contribution in [0.25, 0.3) is 17.2 Å². The van der Waals surface area contributed by atoms with Gasteiger partial charge in [0.25, 0.3) is 0 Å². The monoisotopic (exact) mass is 419 g/mol. The van der Waals surface area contributed by atoms with Gasteiger partial charge in [-0.3, -0.25) is 9.20 Å². The molecular weight excluding hydrogens is 397 g/mol. The van der Waals surface area contributed by atoms with Gasteiger partial charge < -0.3 is 9.80 Å². The molecule has 0 unspecified atom stereocenters. The Labute approximate surface area is 179 Å². The third kappa shape index (κ3) is 3.38. The number of imidazole rings is 1. The molecule has 5 rings (SSSR count). The van der Waals surface area contributed by atoms with Gasteiger partial charge in [-0.25, -0.2) is 19.3 Å². The maximum Gasteiger partial charge on any atom is 0.243 e. The van der Waals surface area contributed by atoms with E-state index in [9.17, 15) is 14.4 Å². The molecular formula is C22H22FN7O. The van der Waals surface area contributed by atoms with Crippen molar-refractivity contribution in [3.8, 4) is 17.6 Å². The van der Waals surface area contributed by atoms with Crippen LogP contribution in [0.4, 0.5) is 10.2 Å². The molecule has 0 N–H and O–H groups in total. The Balaban J connectivity index is 1.38. The molecule has 31 heavy (non-hydrogen) atoms. The molecule has 3 aromatic rings. The number of nitriles is 1. The maximum atomic E-state index is 13.7. The van der Waals surface area contributed by atoms with Crippen LogP contribution in [0.3, 0.4) is 0 Å². The first-order chi connectivity index (χ1) is 15.0. The number of likely N-dealkylation sites (N-methyl/N-ethyl adjacent to an activating group) is 1. The van der Waals surface area contributed by atoms with Gasteiger partial charge in [0, 0.05) is 38.6 Å². The van der Waals surface area contributed by atoms with E-state index < -0.39 is 5.41 Å². The van der Waals surface area contributed by atoms with Gasteiger partial charge in [-0.1, -0.05) is 0 Å². The topological polar surface area (TPSA) is 90.4 Å². The van der Waals surface area contributed by atoms with Gasteiger partial charge in [0.05, 0.1) is 12.3 Å². The predicted octanol–water partition coefficient (Wildman–Crippen LogP) is 2.66. The zero-order chi connectivity index (χ0) is 21.6. The molecule has 2 aliphatic rings. The lowest BCUT2D eigenvalue weighted by Gasteiger charge is -2.38. The van der Waals surface area contributed by atoms with Gasteiger partial charge in [0.15, 0.2) is 5.82 Å². The van der Waals surface area contributed by atoms with E-state index in [1.807, 2.05) is 18.0 Å². The summed E-state index contributed by atoms with van der Waals surface area (Å²) in [5.74, 6) is 0.770. The molecule has 0 aromatic carbocycles. The summed E-state index contributed by atoms with van der Waals surface area (Å²) in [6, 6.07) is 7.10. The van der Waals surface area contributed by atoms with E-state index >= 15 is 0 Å². The number of amides is 1. The van der Waals surface area contributed by atoms with Crippen LogP contribution in [0.5, 0.6) is 0 Å². The second-order valence-electron chi connectivity index (χ2n) is 8.31.